The van der Waals surface area contributed by atoms with Crippen LogP contribution in [0, 0.1) is 18.5 Å². The zero-order chi connectivity index (χ0) is 29.6. The zero-order valence-electron chi connectivity index (χ0n) is 24.8. The van der Waals surface area contributed by atoms with E-state index in [0.717, 1.165) is 39.1 Å². The van der Waals surface area contributed by atoms with Gasteiger partial charge in [-0.3, -0.25) is 0 Å². The van der Waals surface area contributed by atoms with Crippen molar-refractivity contribution in [2.75, 3.05) is 0 Å². The Morgan fingerprint density at radius 3 is 2.36 bits per heavy atom. The molecule has 0 unspecified atom stereocenters. The Hall–Kier alpha value is -4.67. The van der Waals surface area contributed by atoms with Gasteiger partial charge in [0.1, 0.15) is 11.6 Å². The van der Waals surface area contributed by atoms with Crippen molar-refractivity contribution in [1.29, 1.82) is 0 Å². The Morgan fingerprint density at radius 1 is 0.773 bits per heavy atom. The van der Waals surface area contributed by atoms with Crippen LogP contribution >= 0.6 is 0 Å². The van der Waals surface area contributed by atoms with Crippen LogP contribution < -0.4 is 14.0 Å². The fraction of sp³-hybridized carbons (Fsp3) is 0.135. The molecule has 0 atom stereocenters. The van der Waals surface area contributed by atoms with E-state index in [0.29, 0.717) is 17.4 Å². The molecular weight excluding hydrogens is 728 g/mol. The van der Waals surface area contributed by atoms with Gasteiger partial charge in [0.05, 0.1) is 13.2 Å². The second-order valence-electron chi connectivity index (χ2n) is 11.5. The van der Waals surface area contributed by atoms with Gasteiger partial charge in [0, 0.05) is 44.3 Å². The van der Waals surface area contributed by atoms with Gasteiger partial charge in [-0.15, -0.1) is 29.7 Å². The summed E-state index contributed by atoms with van der Waals surface area (Å²) in [4.78, 5) is 4.77. The summed E-state index contributed by atoms with van der Waals surface area (Å²) in [7, 11) is 1.91. The van der Waals surface area contributed by atoms with Crippen LogP contribution in [0.4, 0.5) is 0 Å². The quantitative estimate of drug-likeness (QED) is 0.127. The van der Waals surface area contributed by atoms with Crippen molar-refractivity contribution >= 4 is 21.8 Å². The first-order valence-corrected chi connectivity index (χ1v) is 14.2. The number of pyridine rings is 1. The number of fused-ring (bicyclic) bond motifs is 3. The maximum Gasteiger partial charge on any atom is 0.244 e. The smallest absolute Gasteiger partial charge is 0.244 e. The van der Waals surface area contributed by atoms with Crippen LogP contribution in [0.1, 0.15) is 26.3 Å². The Morgan fingerprint density at radius 2 is 1.55 bits per heavy atom. The van der Waals surface area contributed by atoms with E-state index in [1.165, 1.54) is 5.56 Å². The minimum Gasteiger partial charge on any atom is -0.510 e. The molecule has 0 fully saturated rings. The largest absolute Gasteiger partial charge is 0.510 e. The summed E-state index contributed by atoms with van der Waals surface area (Å²) in [6.45, 7) is 6.63. The van der Waals surface area contributed by atoms with Crippen molar-refractivity contribution in [3.05, 3.63) is 133 Å². The molecule has 3 aromatic heterocycles. The summed E-state index contributed by atoms with van der Waals surface area (Å²) >= 11 is 0. The number of hydrogen-bond acceptors (Lipinski definition) is 3. The summed E-state index contributed by atoms with van der Waals surface area (Å²) < 4.78 is 18.3. The van der Waals surface area contributed by atoms with Gasteiger partial charge in [0.2, 0.25) is 12.2 Å². The maximum absolute atomic E-state index is 6.36. The Balaban J connectivity index is 0.00000343. The second-order valence-corrected chi connectivity index (χ2v) is 11.5. The number of nitrogens with zero attached hydrogens (tertiary/aromatic N) is 4. The van der Waals surface area contributed by atoms with Crippen LogP contribution in [-0.4, -0.2) is 14.1 Å². The van der Waals surface area contributed by atoms with Crippen LogP contribution in [0.5, 0.6) is 23.1 Å². The molecule has 0 aliphatic carbocycles. The molecule has 7 rings (SSSR count). The zero-order valence-corrected chi connectivity index (χ0v) is 27.1. The molecule has 0 saturated heterocycles. The molecule has 7 aromatic rings. The van der Waals surface area contributed by atoms with Gasteiger partial charge in [-0.2, -0.15) is 18.2 Å². The first kappa shape index (κ1) is 29.4. The minimum atomic E-state index is -0.00448. The first-order valence-electron chi connectivity index (χ1n) is 14.2. The van der Waals surface area contributed by atoms with Gasteiger partial charge in [0.25, 0.3) is 0 Å². The van der Waals surface area contributed by atoms with Gasteiger partial charge >= 0.3 is 0 Å². The van der Waals surface area contributed by atoms with Crippen LogP contribution in [0.2, 0.25) is 0 Å². The number of benzene rings is 4. The molecule has 222 valence electrons. The van der Waals surface area contributed by atoms with Crippen LogP contribution in [0.15, 0.2) is 109 Å². The summed E-state index contributed by atoms with van der Waals surface area (Å²) in [6.07, 6.45) is 7.01. The fourth-order valence-corrected chi connectivity index (χ4v) is 5.24. The van der Waals surface area contributed by atoms with E-state index < -0.39 is 0 Å². The van der Waals surface area contributed by atoms with E-state index in [1.54, 1.807) is 0 Å². The normalized spacial score (nSPS) is 11.5. The van der Waals surface area contributed by atoms with Gasteiger partial charge in [-0.05, 0) is 46.7 Å². The van der Waals surface area contributed by atoms with Gasteiger partial charge in [-0.1, -0.05) is 68.4 Å². The molecule has 44 heavy (non-hydrogen) atoms. The van der Waals surface area contributed by atoms with Crippen LogP contribution in [0.3, 0.4) is 0 Å². The van der Waals surface area contributed by atoms with Crippen LogP contribution in [0.25, 0.3) is 33.3 Å². The average Bonchev–Trinajstić information content (AvgIpc) is 3.54. The molecule has 0 aliphatic heterocycles. The molecule has 3 heterocycles. The van der Waals surface area contributed by atoms with E-state index in [-0.39, 0.29) is 26.5 Å². The number of rotatable bonds is 6. The van der Waals surface area contributed by atoms with Crippen LogP contribution in [-0.2, 0) is 33.5 Å². The topological polar surface area (TPSA) is 45.1 Å². The molecule has 4 aromatic carbocycles. The molecule has 0 spiro atoms. The van der Waals surface area contributed by atoms with E-state index >= 15 is 0 Å². The molecule has 0 amide bonds. The van der Waals surface area contributed by atoms with Crippen molar-refractivity contribution in [3.8, 4) is 34.6 Å². The summed E-state index contributed by atoms with van der Waals surface area (Å²) in [6, 6.07) is 39.0. The third-order valence-electron chi connectivity index (χ3n) is 7.36. The number of ether oxygens (including phenoxy) is 2. The first-order chi connectivity index (χ1) is 20.8. The molecular formula is C37H30N4O2Pt-2. The number of imidazole rings is 1. The second kappa shape index (κ2) is 11.8. The Labute approximate surface area is 271 Å². The number of hydrogen-bond donors (Lipinski definition) is 0. The van der Waals surface area contributed by atoms with Crippen molar-refractivity contribution in [1.82, 2.24) is 14.1 Å². The molecule has 0 radical (unpaired) electrons. The molecule has 6 nitrogen and oxygen atoms in total. The average molecular weight is 758 g/mol. The summed E-state index contributed by atoms with van der Waals surface area (Å²) in [5, 5.41) is 2.22. The maximum atomic E-state index is 6.36. The van der Waals surface area contributed by atoms with E-state index in [1.807, 2.05) is 83.2 Å². The SMILES string of the molecule is C[n+]1[c-]n(-c2[c-]c(Oc3[c-]c4c(cc3)c3ccccc3n4-c3cc(C(C)(C)C)ccn3)ccc2)c(Oc2ccccc2)c1.[Pt]. The third-order valence-corrected chi connectivity index (χ3v) is 7.36. The predicted molar refractivity (Wildman–Crippen MR) is 167 cm³/mol. The summed E-state index contributed by atoms with van der Waals surface area (Å²) in [5.41, 5.74) is 3.92. The number of aromatic nitrogens is 4. The standard InChI is InChI=1S/C37H30N4O2.Pt/c1-37(2,3)26-19-20-38-35(21-26)41-33-16-9-8-15-31(33)32-18-17-30(23-34(32)41)42-29-14-10-11-27(22-29)40-25-39(4)24-36(40)43-28-12-6-5-7-13-28;/h5-21,24H,1-4H3;/q-2;. The van der Waals surface area contributed by atoms with Crippen molar-refractivity contribution in [3.63, 3.8) is 0 Å². The molecule has 0 saturated carbocycles. The predicted octanol–water partition coefficient (Wildman–Crippen LogP) is 8.07. The molecule has 7 heteroatoms. The van der Waals surface area contributed by atoms with E-state index in [4.69, 9.17) is 14.5 Å². The Kier molecular flexibility index (Phi) is 7.87. The number of para-hydroxylation sites is 2. The molecule has 0 bridgehead atoms. The van der Waals surface area contributed by atoms with Gasteiger partial charge in [-0.25, -0.2) is 4.98 Å². The van der Waals surface area contributed by atoms with Crippen molar-refractivity contribution < 1.29 is 35.1 Å². The van der Waals surface area contributed by atoms with Crippen molar-refractivity contribution in [2.24, 2.45) is 7.05 Å². The van der Waals surface area contributed by atoms with E-state index in [2.05, 4.69) is 86.3 Å². The van der Waals surface area contributed by atoms with Gasteiger partial charge < -0.3 is 23.2 Å². The van der Waals surface area contributed by atoms with Gasteiger partial charge in [0.15, 0.2) is 0 Å². The molecule has 0 N–H and O–H groups in total. The molecule has 0 aliphatic rings. The minimum absolute atomic E-state index is 0. The number of aryl methyl sites for hydroxylation is 1. The third kappa shape index (κ3) is 5.66. The van der Waals surface area contributed by atoms with Crippen molar-refractivity contribution in [2.45, 2.75) is 26.2 Å². The fourth-order valence-electron chi connectivity index (χ4n) is 5.24. The monoisotopic (exact) mass is 757 g/mol. The Bertz CT molecular complexity index is 2090. The summed E-state index contributed by atoms with van der Waals surface area (Å²) in [5.74, 6) is 3.34. The van der Waals surface area contributed by atoms with E-state index in [9.17, 15) is 0 Å².